The van der Waals surface area contributed by atoms with Crippen LogP contribution in [-0.4, -0.2) is 23.1 Å². The van der Waals surface area contributed by atoms with Gasteiger partial charge in [-0.3, -0.25) is 10.2 Å². The standard InChI is InChI=1S/C16H16FN3O3/c17-12-6-8-13(9-7-12)18-16(23)20-19-14(15(21)22)10-11-4-2-1-3-5-11/h1-9,14,19H,10H2,(H,21,22)(H2,18,20,23)/t14-/m0/s1. The van der Waals surface area contributed by atoms with Crippen LogP contribution < -0.4 is 16.2 Å². The van der Waals surface area contributed by atoms with Crippen molar-refractivity contribution >= 4 is 17.7 Å². The molecule has 0 aliphatic rings. The lowest BCUT2D eigenvalue weighted by atomic mass is 10.1. The van der Waals surface area contributed by atoms with Crippen molar-refractivity contribution < 1.29 is 19.1 Å². The third-order valence-corrected chi connectivity index (χ3v) is 3.04. The van der Waals surface area contributed by atoms with Crippen molar-refractivity contribution in [3.63, 3.8) is 0 Å². The first-order valence-electron chi connectivity index (χ1n) is 6.89. The van der Waals surface area contributed by atoms with Crippen LogP contribution in [0.15, 0.2) is 54.6 Å². The van der Waals surface area contributed by atoms with Crippen molar-refractivity contribution in [1.29, 1.82) is 0 Å². The number of nitrogens with one attached hydrogen (secondary N) is 3. The second-order valence-corrected chi connectivity index (χ2v) is 4.81. The van der Waals surface area contributed by atoms with Crippen LogP contribution in [0, 0.1) is 5.82 Å². The molecule has 6 nitrogen and oxygen atoms in total. The summed E-state index contributed by atoms with van der Waals surface area (Å²) >= 11 is 0. The predicted octanol–water partition coefficient (Wildman–Crippen LogP) is 2.15. The van der Waals surface area contributed by atoms with Gasteiger partial charge in [-0.05, 0) is 29.8 Å². The molecular formula is C16H16FN3O3. The van der Waals surface area contributed by atoms with Crippen LogP contribution in [0.2, 0.25) is 0 Å². The number of anilines is 1. The van der Waals surface area contributed by atoms with Crippen LogP contribution in [-0.2, 0) is 11.2 Å². The fraction of sp³-hybridized carbons (Fsp3) is 0.125. The molecule has 2 rings (SSSR count). The zero-order valence-electron chi connectivity index (χ0n) is 12.1. The molecule has 120 valence electrons. The number of benzene rings is 2. The Morgan fingerprint density at radius 3 is 2.30 bits per heavy atom. The molecular weight excluding hydrogens is 301 g/mol. The third kappa shape index (κ3) is 5.40. The summed E-state index contributed by atoms with van der Waals surface area (Å²) in [5, 5.41) is 11.6. The minimum absolute atomic E-state index is 0.215. The first-order valence-corrected chi connectivity index (χ1v) is 6.89. The van der Waals surface area contributed by atoms with Gasteiger partial charge in [0.2, 0.25) is 0 Å². The van der Waals surface area contributed by atoms with E-state index in [0.717, 1.165) is 5.56 Å². The number of hydrazine groups is 1. The van der Waals surface area contributed by atoms with Crippen LogP contribution >= 0.6 is 0 Å². The number of amides is 2. The Hall–Kier alpha value is -2.93. The average Bonchev–Trinajstić information content (AvgIpc) is 2.54. The number of rotatable bonds is 6. The van der Waals surface area contributed by atoms with E-state index in [-0.39, 0.29) is 6.42 Å². The largest absolute Gasteiger partial charge is 0.480 e. The van der Waals surface area contributed by atoms with Crippen molar-refractivity contribution in [2.75, 3.05) is 5.32 Å². The lowest BCUT2D eigenvalue weighted by Crippen LogP contribution is -2.50. The molecule has 0 unspecified atom stereocenters. The van der Waals surface area contributed by atoms with Gasteiger partial charge in [-0.1, -0.05) is 30.3 Å². The van der Waals surface area contributed by atoms with E-state index in [4.69, 9.17) is 0 Å². The minimum Gasteiger partial charge on any atom is -0.480 e. The summed E-state index contributed by atoms with van der Waals surface area (Å²) in [4.78, 5) is 22.9. The predicted molar refractivity (Wildman–Crippen MR) is 83.3 cm³/mol. The number of halogens is 1. The Morgan fingerprint density at radius 1 is 1.04 bits per heavy atom. The van der Waals surface area contributed by atoms with Crippen molar-refractivity contribution in [2.24, 2.45) is 0 Å². The molecule has 0 aromatic heterocycles. The van der Waals surface area contributed by atoms with Gasteiger partial charge in [0.05, 0.1) is 0 Å². The van der Waals surface area contributed by atoms with E-state index in [1.165, 1.54) is 24.3 Å². The maximum atomic E-state index is 12.8. The molecule has 7 heteroatoms. The summed E-state index contributed by atoms with van der Waals surface area (Å²) in [5.41, 5.74) is 5.95. The summed E-state index contributed by atoms with van der Waals surface area (Å²) < 4.78 is 12.8. The Morgan fingerprint density at radius 2 is 1.70 bits per heavy atom. The van der Waals surface area contributed by atoms with E-state index in [1.807, 2.05) is 18.2 Å². The molecule has 2 aromatic carbocycles. The third-order valence-electron chi connectivity index (χ3n) is 3.04. The van der Waals surface area contributed by atoms with E-state index in [0.29, 0.717) is 5.69 Å². The zero-order chi connectivity index (χ0) is 16.7. The Bertz CT molecular complexity index is 662. The highest BCUT2D eigenvalue weighted by atomic mass is 19.1. The number of carbonyl (C=O) groups excluding carboxylic acids is 1. The average molecular weight is 317 g/mol. The van der Waals surface area contributed by atoms with Gasteiger partial charge < -0.3 is 10.4 Å². The first kappa shape index (κ1) is 16.4. The van der Waals surface area contributed by atoms with Crippen molar-refractivity contribution in [3.8, 4) is 0 Å². The molecule has 0 aliphatic heterocycles. The zero-order valence-corrected chi connectivity index (χ0v) is 12.1. The van der Waals surface area contributed by atoms with E-state index in [2.05, 4.69) is 16.2 Å². The highest BCUT2D eigenvalue weighted by molar-refractivity contribution is 5.89. The van der Waals surface area contributed by atoms with E-state index in [1.54, 1.807) is 12.1 Å². The highest BCUT2D eigenvalue weighted by Crippen LogP contribution is 2.07. The van der Waals surface area contributed by atoms with Crippen LogP contribution in [0.4, 0.5) is 14.9 Å². The Labute approximate surface area is 132 Å². The van der Waals surface area contributed by atoms with Crippen LogP contribution in [0.25, 0.3) is 0 Å². The molecule has 2 aromatic rings. The fourth-order valence-corrected chi connectivity index (χ4v) is 1.90. The van der Waals surface area contributed by atoms with Gasteiger partial charge in [-0.25, -0.2) is 14.6 Å². The van der Waals surface area contributed by atoms with Gasteiger partial charge in [-0.15, -0.1) is 0 Å². The SMILES string of the molecule is O=C(NN[C@@H](Cc1ccccc1)C(=O)O)Nc1ccc(F)cc1. The van der Waals surface area contributed by atoms with Gasteiger partial charge in [0.15, 0.2) is 0 Å². The molecule has 2 amide bonds. The number of carboxylic acid groups (broad SMARTS) is 1. The molecule has 0 aliphatic carbocycles. The molecule has 0 radical (unpaired) electrons. The highest BCUT2D eigenvalue weighted by Gasteiger charge is 2.18. The number of carbonyl (C=O) groups is 2. The summed E-state index contributed by atoms with van der Waals surface area (Å²) in [6.45, 7) is 0. The van der Waals surface area contributed by atoms with Crippen LogP contribution in [0.5, 0.6) is 0 Å². The summed E-state index contributed by atoms with van der Waals surface area (Å²) in [7, 11) is 0. The van der Waals surface area contributed by atoms with E-state index < -0.39 is 23.9 Å². The normalized spacial score (nSPS) is 11.5. The van der Waals surface area contributed by atoms with Gasteiger partial charge in [0.1, 0.15) is 11.9 Å². The molecule has 4 N–H and O–H groups in total. The van der Waals surface area contributed by atoms with E-state index >= 15 is 0 Å². The minimum atomic E-state index is -1.09. The number of hydrogen-bond donors (Lipinski definition) is 4. The first-order chi connectivity index (χ1) is 11.0. The second-order valence-electron chi connectivity index (χ2n) is 4.81. The number of carboxylic acids is 1. The van der Waals surface area contributed by atoms with Crippen molar-refractivity contribution in [3.05, 3.63) is 66.0 Å². The number of hydrogen-bond acceptors (Lipinski definition) is 3. The molecule has 1 atom stereocenters. The topological polar surface area (TPSA) is 90.5 Å². The lowest BCUT2D eigenvalue weighted by molar-refractivity contribution is -0.139. The maximum absolute atomic E-state index is 12.8. The van der Waals surface area contributed by atoms with Gasteiger partial charge in [0, 0.05) is 12.1 Å². The second kappa shape index (κ2) is 7.90. The smallest absolute Gasteiger partial charge is 0.333 e. The molecule has 0 heterocycles. The van der Waals surface area contributed by atoms with Crippen molar-refractivity contribution in [1.82, 2.24) is 10.9 Å². The van der Waals surface area contributed by atoms with Gasteiger partial charge in [0.25, 0.3) is 0 Å². The van der Waals surface area contributed by atoms with Crippen LogP contribution in [0.1, 0.15) is 5.56 Å². The monoisotopic (exact) mass is 317 g/mol. The van der Waals surface area contributed by atoms with Gasteiger partial charge >= 0.3 is 12.0 Å². The molecule has 23 heavy (non-hydrogen) atoms. The lowest BCUT2D eigenvalue weighted by Gasteiger charge is -2.16. The quantitative estimate of drug-likeness (QED) is 0.615. The van der Waals surface area contributed by atoms with Gasteiger partial charge in [-0.2, -0.15) is 0 Å². The fourth-order valence-electron chi connectivity index (χ4n) is 1.90. The number of urea groups is 1. The summed E-state index contributed by atoms with van der Waals surface area (Å²) in [6.07, 6.45) is 0.215. The maximum Gasteiger partial charge on any atom is 0.333 e. The summed E-state index contributed by atoms with van der Waals surface area (Å²) in [6, 6.07) is 12.6. The molecule has 0 saturated carbocycles. The Kier molecular flexibility index (Phi) is 5.65. The molecule has 0 fully saturated rings. The molecule has 0 bridgehead atoms. The molecule has 0 spiro atoms. The van der Waals surface area contributed by atoms with E-state index in [9.17, 15) is 19.1 Å². The summed E-state index contributed by atoms with van der Waals surface area (Å²) in [5.74, 6) is -1.50. The molecule has 0 saturated heterocycles. The van der Waals surface area contributed by atoms with Crippen molar-refractivity contribution in [2.45, 2.75) is 12.5 Å². The number of aliphatic carboxylic acids is 1. The Balaban J connectivity index is 1.87. The van der Waals surface area contributed by atoms with Crippen LogP contribution in [0.3, 0.4) is 0 Å².